The fraction of sp³-hybridized carbons (Fsp3) is 0.909. The van der Waals surface area contributed by atoms with Crippen molar-refractivity contribution >= 4 is 5.91 Å². The largest absolute Gasteiger partial charge is 0.384 e. The molecule has 0 bridgehead atoms. The minimum absolute atomic E-state index is 0.271. The number of rotatable bonds is 5. The van der Waals surface area contributed by atoms with Crippen LogP contribution < -0.4 is 5.32 Å². The van der Waals surface area contributed by atoms with Crippen LogP contribution >= 0.6 is 0 Å². The highest BCUT2D eigenvalue weighted by Gasteiger charge is 2.37. The van der Waals surface area contributed by atoms with Crippen LogP contribution in [-0.4, -0.2) is 49.7 Å². The van der Waals surface area contributed by atoms with E-state index in [0.717, 1.165) is 19.5 Å². The molecule has 2 rings (SSSR count). The molecule has 86 valence electrons. The summed E-state index contributed by atoms with van der Waals surface area (Å²) in [6, 6.07) is 0.959. The molecule has 1 saturated carbocycles. The molecule has 0 radical (unpaired) electrons. The fourth-order valence-corrected chi connectivity index (χ4v) is 2.25. The molecule has 4 nitrogen and oxygen atoms in total. The van der Waals surface area contributed by atoms with Gasteiger partial charge in [0.1, 0.15) is 0 Å². The molecule has 1 aliphatic carbocycles. The van der Waals surface area contributed by atoms with Crippen LogP contribution in [0.25, 0.3) is 0 Å². The van der Waals surface area contributed by atoms with Gasteiger partial charge in [-0.3, -0.25) is 4.79 Å². The van der Waals surface area contributed by atoms with Crippen molar-refractivity contribution in [2.45, 2.75) is 37.8 Å². The van der Waals surface area contributed by atoms with Crippen LogP contribution in [0.1, 0.15) is 25.7 Å². The van der Waals surface area contributed by atoms with Crippen molar-refractivity contribution in [1.82, 2.24) is 10.2 Å². The molecule has 1 unspecified atom stereocenters. The van der Waals surface area contributed by atoms with Crippen molar-refractivity contribution in [1.29, 1.82) is 0 Å². The van der Waals surface area contributed by atoms with Crippen LogP contribution in [0.15, 0.2) is 0 Å². The van der Waals surface area contributed by atoms with Gasteiger partial charge in [0.2, 0.25) is 5.91 Å². The lowest BCUT2D eigenvalue weighted by Crippen LogP contribution is -2.43. The molecule has 1 atom stereocenters. The van der Waals surface area contributed by atoms with Gasteiger partial charge in [0.25, 0.3) is 0 Å². The molecule has 0 aromatic carbocycles. The third-order valence-corrected chi connectivity index (χ3v) is 3.18. The molecule has 15 heavy (non-hydrogen) atoms. The topological polar surface area (TPSA) is 41.6 Å². The van der Waals surface area contributed by atoms with Gasteiger partial charge < -0.3 is 15.0 Å². The molecule has 0 aromatic heterocycles. The summed E-state index contributed by atoms with van der Waals surface area (Å²) in [4.78, 5) is 14.1. The Balaban J connectivity index is 1.89. The zero-order valence-corrected chi connectivity index (χ0v) is 9.37. The number of carbonyl (C=O) groups excluding carboxylic acids is 1. The highest BCUT2D eigenvalue weighted by molar-refractivity contribution is 5.77. The minimum Gasteiger partial charge on any atom is -0.384 e. The second kappa shape index (κ2) is 4.94. The van der Waals surface area contributed by atoms with Crippen molar-refractivity contribution < 1.29 is 9.53 Å². The summed E-state index contributed by atoms with van der Waals surface area (Å²) in [5, 5.41) is 3.32. The molecule has 1 saturated heterocycles. The van der Waals surface area contributed by atoms with E-state index in [1.54, 1.807) is 7.11 Å². The number of carbonyl (C=O) groups is 1. The third kappa shape index (κ3) is 2.69. The van der Waals surface area contributed by atoms with Crippen LogP contribution in [-0.2, 0) is 9.53 Å². The first-order valence-corrected chi connectivity index (χ1v) is 5.83. The Morgan fingerprint density at radius 2 is 2.20 bits per heavy atom. The summed E-state index contributed by atoms with van der Waals surface area (Å²) >= 11 is 0. The first kappa shape index (κ1) is 10.9. The van der Waals surface area contributed by atoms with Crippen molar-refractivity contribution in [2.75, 3.05) is 26.8 Å². The van der Waals surface area contributed by atoms with E-state index < -0.39 is 0 Å². The maximum atomic E-state index is 12.0. The van der Waals surface area contributed by atoms with E-state index in [1.165, 1.54) is 12.8 Å². The van der Waals surface area contributed by atoms with Crippen molar-refractivity contribution in [3.63, 3.8) is 0 Å². The van der Waals surface area contributed by atoms with Gasteiger partial charge in [-0.15, -0.1) is 0 Å². The zero-order valence-electron chi connectivity index (χ0n) is 9.37. The Bertz CT molecular complexity index is 223. The number of hydrogen-bond acceptors (Lipinski definition) is 3. The van der Waals surface area contributed by atoms with Gasteiger partial charge in [-0.05, 0) is 25.8 Å². The van der Waals surface area contributed by atoms with E-state index in [4.69, 9.17) is 4.74 Å². The first-order chi connectivity index (χ1) is 7.33. The van der Waals surface area contributed by atoms with Crippen LogP contribution in [0.4, 0.5) is 0 Å². The number of nitrogens with one attached hydrogen (secondary N) is 1. The van der Waals surface area contributed by atoms with Crippen molar-refractivity contribution in [2.24, 2.45) is 0 Å². The minimum atomic E-state index is 0.271. The molecule has 0 aromatic rings. The molecule has 2 aliphatic rings. The monoisotopic (exact) mass is 212 g/mol. The van der Waals surface area contributed by atoms with E-state index in [0.29, 0.717) is 25.1 Å². The maximum absolute atomic E-state index is 12.0. The summed E-state index contributed by atoms with van der Waals surface area (Å²) in [6.45, 7) is 2.56. The van der Waals surface area contributed by atoms with Crippen LogP contribution in [0, 0.1) is 0 Å². The van der Waals surface area contributed by atoms with Crippen molar-refractivity contribution in [3.8, 4) is 0 Å². The molecular weight excluding hydrogens is 192 g/mol. The molecular formula is C11H20N2O2. The second-order valence-corrected chi connectivity index (χ2v) is 4.42. The molecule has 4 heteroatoms. The molecule has 1 heterocycles. The Hall–Kier alpha value is -0.610. The molecule has 2 fully saturated rings. The van der Waals surface area contributed by atoms with Crippen LogP contribution in [0.2, 0.25) is 0 Å². The van der Waals surface area contributed by atoms with E-state index in [-0.39, 0.29) is 5.91 Å². The molecule has 1 N–H and O–H groups in total. The summed E-state index contributed by atoms with van der Waals surface area (Å²) in [5.41, 5.74) is 0. The summed E-state index contributed by atoms with van der Waals surface area (Å²) in [6.07, 6.45) is 4.02. The predicted octanol–water partition coefficient (Wildman–Crippen LogP) is 0.376. The van der Waals surface area contributed by atoms with E-state index in [1.807, 2.05) is 0 Å². The third-order valence-electron chi connectivity index (χ3n) is 3.18. The number of hydrogen-bond donors (Lipinski definition) is 1. The average Bonchev–Trinajstić information content (AvgIpc) is 2.91. The molecule has 1 aliphatic heterocycles. The lowest BCUT2D eigenvalue weighted by molar-refractivity contribution is -0.134. The number of methoxy groups -OCH3 is 1. The van der Waals surface area contributed by atoms with Gasteiger partial charge in [0.15, 0.2) is 0 Å². The SMILES string of the molecule is COCCC(=O)N(C1CC1)C1CCNC1. The maximum Gasteiger partial charge on any atom is 0.225 e. The standard InChI is InChI=1S/C11H20N2O2/c1-15-7-5-11(14)13(9-2-3-9)10-4-6-12-8-10/h9-10,12H,2-8H2,1H3. The summed E-state index contributed by atoms with van der Waals surface area (Å²) < 4.78 is 4.96. The van der Waals surface area contributed by atoms with Crippen LogP contribution in [0.5, 0.6) is 0 Å². The Morgan fingerprint density at radius 3 is 2.73 bits per heavy atom. The number of amides is 1. The van der Waals surface area contributed by atoms with Crippen LogP contribution in [0.3, 0.4) is 0 Å². The van der Waals surface area contributed by atoms with Gasteiger partial charge in [-0.25, -0.2) is 0 Å². The summed E-state index contributed by atoms with van der Waals surface area (Å²) in [7, 11) is 1.64. The normalized spacial score (nSPS) is 25.5. The Kier molecular flexibility index (Phi) is 3.59. The van der Waals surface area contributed by atoms with Gasteiger partial charge in [0, 0.05) is 25.7 Å². The molecule has 1 amide bonds. The average molecular weight is 212 g/mol. The van der Waals surface area contributed by atoms with E-state index >= 15 is 0 Å². The lowest BCUT2D eigenvalue weighted by Gasteiger charge is -2.28. The Morgan fingerprint density at radius 1 is 1.40 bits per heavy atom. The zero-order chi connectivity index (χ0) is 10.7. The van der Waals surface area contributed by atoms with E-state index in [2.05, 4.69) is 10.2 Å². The first-order valence-electron chi connectivity index (χ1n) is 5.83. The summed E-state index contributed by atoms with van der Waals surface area (Å²) in [5.74, 6) is 0.271. The predicted molar refractivity (Wildman–Crippen MR) is 57.6 cm³/mol. The highest BCUT2D eigenvalue weighted by atomic mass is 16.5. The van der Waals surface area contributed by atoms with Gasteiger partial charge in [-0.1, -0.05) is 0 Å². The molecule has 0 spiro atoms. The van der Waals surface area contributed by atoms with Gasteiger partial charge in [0.05, 0.1) is 13.0 Å². The lowest BCUT2D eigenvalue weighted by atomic mass is 10.2. The fourth-order valence-electron chi connectivity index (χ4n) is 2.25. The van der Waals surface area contributed by atoms with Crippen molar-refractivity contribution in [3.05, 3.63) is 0 Å². The van der Waals surface area contributed by atoms with E-state index in [9.17, 15) is 4.79 Å². The van der Waals surface area contributed by atoms with Gasteiger partial charge in [-0.2, -0.15) is 0 Å². The quantitative estimate of drug-likeness (QED) is 0.716. The Labute approximate surface area is 91.0 Å². The number of nitrogens with zero attached hydrogens (tertiary/aromatic N) is 1. The smallest absolute Gasteiger partial charge is 0.225 e. The number of ether oxygens (including phenoxy) is 1. The highest BCUT2D eigenvalue weighted by Crippen LogP contribution is 2.30. The second-order valence-electron chi connectivity index (χ2n) is 4.42. The van der Waals surface area contributed by atoms with Gasteiger partial charge >= 0.3 is 0 Å².